The Morgan fingerprint density at radius 1 is 1.04 bits per heavy atom. The molecular weight excluding hydrogens is 369 g/mol. The number of nitrogen functional groups attached to an aromatic ring is 1. The summed E-state index contributed by atoms with van der Waals surface area (Å²) in [5.74, 6) is 0.910. The third kappa shape index (κ3) is 4.09. The zero-order valence-corrected chi connectivity index (χ0v) is 14.6. The van der Waals surface area contributed by atoms with Crippen LogP contribution in [0.15, 0.2) is 18.6 Å². The molecule has 0 saturated carbocycles. The van der Waals surface area contributed by atoms with Crippen molar-refractivity contribution in [3.05, 3.63) is 29.2 Å². The normalized spacial score (nSPS) is 15.6. The third-order valence-electron chi connectivity index (χ3n) is 4.17. The van der Waals surface area contributed by atoms with E-state index >= 15 is 0 Å². The lowest BCUT2D eigenvalue weighted by Gasteiger charge is -2.23. The monoisotopic (exact) mass is 386 g/mol. The first kappa shape index (κ1) is 18.5. The highest BCUT2D eigenvalue weighted by Gasteiger charge is 2.31. The minimum atomic E-state index is -4.51. The van der Waals surface area contributed by atoms with Crippen molar-refractivity contribution in [3.8, 4) is 0 Å². The van der Waals surface area contributed by atoms with Crippen LogP contribution in [0.25, 0.3) is 0 Å². The lowest BCUT2D eigenvalue weighted by Crippen LogP contribution is -2.26. The molecule has 1 fully saturated rings. The number of hydrogen-bond donors (Lipinski definition) is 2. The molecule has 0 spiro atoms. The molecule has 1 aliphatic heterocycles. The summed E-state index contributed by atoms with van der Waals surface area (Å²) in [5, 5.41) is 2.63. The molecule has 26 heavy (non-hydrogen) atoms. The number of halogens is 4. The predicted octanol–water partition coefficient (Wildman–Crippen LogP) is 4.25. The summed E-state index contributed by atoms with van der Waals surface area (Å²) in [7, 11) is 0. The van der Waals surface area contributed by atoms with Gasteiger partial charge < -0.3 is 16.0 Å². The first-order chi connectivity index (χ1) is 12.4. The Morgan fingerprint density at radius 2 is 1.73 bits per heavy atom. The van der Waals surface area contributed by atoms with Gasteiger partial charge in [-0.2, -0.15) is 13.2 Å². The van der Waals surface area contributed by atoms with Gasteiger partial charge in [-0.05, 0) is 18.9 Å². The number of hydrogen-bond acceptors (Lipinski definition) is 6. The Balaban J connectivity index is 1.85. The fourth-order valence-corrected chi connectivity index (χ4v) is 3.03. The summed E-state index contributed by atoms with van der Waals surface area (Å²) < 4.78 is 38.2. The molecule has 6 nitrogen and oxygen atoms in total. The van der Waals surface area contributed by atoms with Crippen molar-refractivity contribution >= 4 is 34.7 Å². The van der Waals surface area contributed by atoms with Gasteiger partial charge in [0.1, 0.15) is 17.8 Å². The van der Waals surface area contributed by atoms with Crippen LogP contribution < -0.4 is 16.0 Å². The fraction of sp³-hybridized carbons (Fsp3) is 0.438. The predicted molar refractivity (Wildman–Crippen MR) is 94.7 cm³/mol. The van der Waals surface area contributed by atoms with Crippen molar-refractivity contribution in [2.24, 2.45) is 0 Å². The topological polar surface area (TPSA) is 80.0 Å². The van der Waals surface area contributed by atoms with Gasteiger partial charge in [-0.3, -0.25) is 0 Å². The van der Waals surface area contributed by atoms with Crippen molar-refractivity contribution in [2.75, 3.05) is 29.0 Å². The number of nitrogens with zero attached hydrogens (tertiary/aromatic N) is 4. The molecule has 140 valence electrons. The van der Waals surface area contributed by atoms with E-state index in [0.717, 1.165) is 44.8 Å². The molecule has 3 heterocycles. The minimum Gasteiger partial charge on any atom is -0.393 e. The number of aromatic nitrogens is 3. The summed E-state index contributed by atoms with van der Waals surface area (Å²) in [6.45, 7) is 1.69. The van der Waals surface area contributed by atoms with Crippen LogP contribution >= 0.6 is 11.6 Å². The molecule has 1 saturated heterocycles. The van der Waals surface area contributed by atoms with Crippen LogP contribution in [0.4, 0.5) is 36.3 Å². The van der Waals surface area contributed by atoms with Crippen molar-refractivity contribution in [1.82, 2.24) is 15.0 Å². The maximum atomic E-state index is 12.7. The highest BCUT2D eigenvalue weighted by atomic mass is 35.5. The molecule has 0 radical (unpaired) electrons. The number of anilines is 4. The Hall–Kier alpha value is -2.29. The van der Waals surface area contributed by atoms with E-state index in [0.29, 0.717) is 17.7 Å². The summed E-state index contributed by atoms with van der Waals surface area (Å²) in [5.41, 5.74) is 5.57. The standard InChI is InChI=1S/C16H18ClF3N6/c17-11-7-10(16(18,19)20)8-22-13(11)25-14-12(21)15(24-9-23-14)26-5-3-1-2-4-6-26/h7-9H,1-6,21H2,(H,22,23,24,25). The number of alkyl halides is 3. The van der Waals surface area contributed by atoms with Crippen molar-refractivity contribution < 1.29 is 13.2 Å². The summed E-state index contributed by atoms with van der Waals surface area (Å²) in [6.07, 6.45) is 1.99. The van der Waals surface area contributed by atoms with E-state index in [1.807, 2.05) is 0 Å². The lowest BCUT2D eigenvalue weighted by atomic mass is 10.2. The van der Waals surface area contributed by atoms with Gasteiger partial charge in [-0.15, -0.1) is 0 Å². The number of nitrogens with two attached hydrogens (primary N) is 1. The maximum absolute atomic E-state index is 12.7. The second-order valence-electron chi connectivity index (χ2n) is 6.04. The minimum absolute atomic E-state index is 0.0480. The van der Waals surface area contributed by atoms with Crippen LogP contribution in [-0.4, -0.2) is 28.0 Å². The Labute approximate surface area is 153 Å². The molecule has 0 amide bonds. The highest BCUT2D eigenvalue weighted by Crippen LogP contribution is 2.35. The second-order valence-corrected chi connectivity index (χ2v) is 6.45. The molecule has 3 rings (SSSR count). The quantitative estimate of drug-likeness (QED) is 0.820. The highest BCUT2D eigenvalue weighted by molar-refractivity contribution is 6.33. The van der Waals surface area contributed by atoms with Crippen molar-refractivity contribution in [1.29, 1.82) is 0 Å². The van der Waals surface area contributed by atoms with Crippen molar-refractivity contribution in [2.45, 2.75) is 31.9 Å². The molecular formula is C16H18ClF3N6. The van der Waals surface area contributed by atoms with Crippen LogP contribution in [0.5, 0.6) is 0 Å². The van der Waals surface area contributed by atoms with E-state index in [2.05, 4.69) is 25.2 Å². The van der Waals surface area contributed by atoms with Crippen LogP contribution in [-0.2, 0) is 6.18 Å². The van der Waals surface area contributed by atoms with Crippen LogP contribution in [0, 0.1) is 0 Å². The second kappa shape index (κ2) is 7.53. The van der Waals surface area contributed by atoms with E-state index in [4.69, 9.17) is 17.3 Å². The number of rotatable bonds is 3. The molecule has 0 aromatic carbocycles. The molecule has 1 aliphatic rings. The zero-order chi connectivity index (χ0) is 18.7. The molecule has 0 atom stereocenters. The first-order valence-corrected chi connectivity index (χ1v) is 8.59. The molecule has 2 aromatic rings. The number of pyridine rings is 1. The molecule has 0 aliphatic carbocycles. The maximum Gasteiger partial charge on any atom is 0.417 e. The summed E-state index contributed by atoms with van der Waals surface area (Å²) in [4.78, 5) is 14.2. The summed E-state index contributed by atoms with van der Waals surface area (Å²) >= 11 is 5.93. The van der Waals surface area contributed by atoms with Gasteiger partial charge in [-0.25, -0.2) is 15.0 Å². The zero-order valence-electron chi connectivity index (χ0n) is 13.9. The lowest BCUT2D eigenvalue weighted by molar-refractivity contribution is -0.137. The Kier molecular flexibility index (Phi) is 5.36. The summed E-state index contributed by atoms with van der Waals surface area (Å²) in [6, 6.07) is 0.810. The molecule has 0 unspecified atom stereocenters. The fourth-order valence-electron chi connectivity index (χ4n) is 2.82. The molecule has 0 bridgehead atoms. The van der Waals surface area contributed by atoms with E-state index in [1.165, 1.54) is 6.33 Å². The van der Waals surface area contributed by atoms with Crippen LogP contribution in [0.1, 0.15) is 31.2 Å². The van der Waals surface area contributed by atoms with Gasteiger partial charge in [0, 0.05) is 19.3 Å². The van der Waals surface area contributed by atoms with E-state index in [-0.39, 0.29) is 16.7 Å². The van der Waals surface area contributed by atoms with Gasteiger partial charge in [0.2, 0.25) is 0 Å². The largest absolute Gasteiger partial charge is 0.417 e. The van der Waals surface area contributed by atoms with Gasteiger partial charge in [0.25, 0.3) is 0 Å². The Bertz CT molecular complexity index is 775. The number of nitrogens with one attached hydrogen (secondary N) is 1. The van der Waals surface area contributed by atoms with Gasteiger partial charge in [-0.1, -0.05) is 24.4 Å². The average Bonchev–Trinajstić information content (AvgIpc) is 2.86. The first-order valence-electron chi connectivity index (χ1n) is 8.21. The SMILES string of the molecule is Nc1c(Nc2ncc(C(F)(F)F)cc2Cl)ncnc1N1CCCCCC1. The third-order valence-corrected chi connectivity index (χ3v) is 4.46. The van der Waals surface area contributed by atoms with Crippen LogP contribution in [0.2, 0.25) is 5.02 Å². The Morgan fingerprint density at radius 3 is 2.35 bits per heavy atom. The molecule has 2 aromatic heterocycles. The van der Waals surface area contributed by atoms with E-state index in [9.17, 15) is 13.2 Å². The molecule has 3 N–H and O–H groups in total. The smallest absolute Gasteiger partial charge is 0.393 e. The van der Waals surface area contributed by atoms with Gasteiger partial charge >= 0.3 is 6.18 Å². The van der Waals surface area contributed by atoms with E-state index < -0.39 is 11.7 Å². The van der Waals surface area contributed by atoms with E-state index in [1.54, 1.807) is 0 Å². The molecule has 10 heteroatoms. The average molecular weight is 387 g/mol. The van der Waals surface area contributed by atoms with Gasteiger partial charge in [0.05, 0.1) is 10.6 Å². The van der Waals surface area contributed by atoms with Crippen molar-refractivity contribution in [3.63, 3.8) is 0 Å². The van der Waals surface area contributed by atoms with Crippen LogP contribution in [0.3, 0.4) is 0 Å². The van der Waals surface area contributed by atoms with Gasteiger partial charge in [0.15, 0.2) is 11.6 Å².